The number of ether oxygens (including phenoxy) is 3. The third-order valence-corrected chi connectivity index (χ3v) is 7.67. The molecule has 2 aliphatic carbocycles. The number of benzene rings is 2. The van der Waals surface area contributed by atoms with Crippen molar-refractivity contribution in [2.24, 2.45) is 0 Å². The van der Waals surface area contributed by atoms with Gasteiger partial charge >= 0.3 is 0 Å². The van der Waals surface area contributed by atoms with Gasteiger partial charge in [0.2, 0.25) is 5.78 Å². The predicted octanol–water partition coefficient (Wildman–Crippen LogP) is 1.01. The van der Waals surface area contributed by atoms with Gasteiger partial charge in [-0.1, -0.05) is 12.1 Å². The van der Waals surface area contributed by atoms with Crippen molar-refractivity contribution in [3.8, 4) is 17.2 Å². The Kier molecular flexibility index (Phi) is 6.72. The van der Waals surface area contributed by atoms with E-state index in [1.165, 1.54) is 32.2 Å². The number of aromatic hydroxyl groups is 2. The Morgan fingerprint density at radius 2 is 1.85 bits per heavy atom. The molecule has 6 atom stereocenters. The van der Waals surface area contributed by atoms with Gasteiger partial charge in [0, 0.05) is 36.0 Å². The Hall–Kier alpha value is -3.42. The summed E-state index contributed by atoms with van der Waals surface area (Å²) in [7, 11) is 1.30. The van der Waals surface area contributed by atoms with Crippen LogP contribution in [0.3, 0.4) is 0 Å². The lowest BCUT2D eigenvalue weighted by atomic mass is 9.72. The largest absolute Gasteiger partial charge is 0.507 e. The summed E-state index contributed by atoms with van der Waals surface area (Å²) in [4.78, 5) is 39.6. The SMILES string of the molecule is COc1cccc2c1C(=O)c1c(O)c3c(c(O)c1C2=O)C[C@@](O)(C(=O)CO)C[C@@H]3O[C@H]1C[C@H](O)[C@H](F)[C@H](C)O1. The number of methoxy groups -OCH3 is 1. The molecule has 0 saturated carbocycles. The van der Waals surface area contributed by atoms with E-state index in [4.69, 9.17) is 14.2 Å². The average Bonchev–Trinajstić information content (AvgIpc) is 2.90. The summed E-state index contributed by atoms with van der Waals surface area (Å²) in [5.74, 6) is -4.01. The Bertz CT molecular complexity index is 1380. The highest BCUT2D eigenvalue weighted by Gasteiger charge is 2.50. The molecule has 1 aliphatic heterocycles. The zero-order chi connectivity index (χ0) is 28.4. The topological polar surface area (TPSA) is 180 Å². The lowest BCUT2D eigenvalue weighted by molar-refractivity contribution is -0.256. The molecular formula is C27H27FO11. The fourth-order valence-electron chi connectivity index (χ4n) is 5.68. The van der Waals surface area contributed by atoms with Crippen molar-refractivity contribution in [1.82, 2.24) is 0 Å². The third-order valence-electron chi connectivity index (χ3n) is 7.67. The van der Waals surface area contributed by atoms with Gasteiger partial charge in [-0.3, -0.25) is 14.4 Å². The van der Waals surface area contributed by atoms with Crippen LogP contribution in [-0.2, 0) is 20.7 Å². The van der Waals surface area contributed by atoms with Gasteiger partial charge in [-0.25, -0.2) is 4.39 Å². The number of alkyl halides is 1. The first-order valence-corrected chi connectivity index (χ1v) is 12.3. The van der Waals surface area contributed by atoms with Crippen molar-refractivity contribution >= 4 is 17.3 Å². The van der Waals surface area contributed by atoms with Gasteiger partial charge in [-0.15, -0.1) is 0 Å². The normalized spacial score (nSPS) is 29.8. The van der Waals surface area contributed by atoms with Crippen LogP contribution in [0.1, 0.15) is 68.8 Å². The monoisotopic (exact) mass is 546 g/mol. The van der Waals surface area contributed by atoms with Crippen LogP contribution in [0.4, 0.5) is 4.39 Å². The van der Waals surface area contributed by atoms with Crippen molar-refractivity contribution in [3.05, 3.63) is 51.6 Å². The van der Waals surface area contributed by atoms with Crippen LogP contribution in [0.5, 0.6) is 17.2 Å². The number of phenolic OH excluding ortho intramolecular Hbond substituents is 2. The molecular weight excluding hydrogens is 519 g/mol. The average molecular weight is 547 g/mol. The number of Topliss-reactive ketones (excluding diaryl/α,β-unsaturated/α-hetero) is 1. The molecule has 1 fully saturated rings. The van der Waals surface area contributed by atoms with Crippen molar-refractivity contribution < 1.29 is 58.5 Å². The number of halogens is 1. The highest BCUT2D eigenvalue weighted by Crippen LogP contribution is 2.52. The van der Waals surface area contributed by atoms with Crippen molar-refractivity contribution in [3.63, 3.8) is 0 Å². The molecule has 3 aliphatic rings. The smallest absolute Gasteiger partial charge is 0.202 e. The molecule has 5 N–H and O–H groups in total. The number of phenols is 2. The first-order valence-electron chi connectivity index (χ1n) is 12.3. The van der Waals surface area contributed by atoms with Gasteiger partial charge in [0.15, 0.2) is 24.0 Å². The molecule has 0 unspecified atom stereocenters. The second kappa shape index (κ2) is 9.65. The van der Waals surface area contributed by atoms with E-state index in [-0.39, 0.29) is 34.4 Å². The summed E-state index contributed by atoms with van der Waals surface area (Å²) < 4.78 is 30.7. The summed E-state index contributed by atoms with van der Waals surface area (Å²) in [6, 6.07) is 4.30. The lowest BCUT2D eigenvalue weighted by Gasteiger charge is -2.41. The molecule has 1 saturated heterocycles. The van der Waals surface area contributed by atoms with E-state index in [1.807, 2.05) is 0 Å². The zero-order valence-corrected chi connectivity index (χ0v) is 21.0. The zero-order valence-electron chi connectivity index (χ0n) is 21.0. The number of ketones is 3. The van der Waals surface area contributed by atoms with Gasteiger partial charge < -0.3 is 39.7 Å². The number of aliphatic hydroxyl groups is 3. The van der Waals surface area contributed by atoms with Crippen LogP contribution in [0, 0.1) is 0 Å². The second-order valence-corrected chi connectivity index (χ2v) is 10.0. The van der Waals surface area contributed by atoms with Crippen molar-refractivity contribution in [1.29, 1.82) is 0 Å². The Morgan fingerprint density at radius 3 is 2.49 bits per heavy atom. The van der Waals surface area contributed by atoms with Crippen molar-refractivity contribution in [2.75, 3.05) is 13.7 Å². The fourth-order valence-corrected chi connectivity index (χ4v) is 5.68. The minimum atomic E-state index is -2.30. The third kappa shape index (κ3) is 4.10. The molecule has 39 heavy (non-hydrogen) atoms. The molecule has 1 heterocycles. The van der Waals surface area contributed by atoms with Crippen LogP contribution in [-0.4, -0.2) is 86.9 Å². The summed E-state index contributed by atoms with van der Waals surface area (Å²) in [6.45, 7) is 0.318. The fraction of sp³-hybridized carbons (Fsp3) is 0.444. The van der Waals surface area contributed by atoms with E-state index in [0.29, 0.717) is 0 Å². The summed E-state index contributed by atoms with van der Waals surface area (Å²) >= 11 is 0. The Morgan fingerprint density at radius 1 is 1.15 bits per heavy atom. The summed E-state index contributed by atoms with van der Waals surface area (Å²) in [6.07, 6.45) is -8.41. The molecule has 0 aromatic heterocycles. The molecule has 0 radical (unpaired) electrons. The molecule has 5 rings (SSSR count). The molecule has 0 spiro atoms. The molecule has 2 aromatic carbocycles. The standard InChI is InChI=1S/C27H27FO11/c1-10-22(28)13(30)6-17(38-10)39-15-8-27(36,16(31)9-29)7-12-19(15)26(35)21-20(24(12)33)23(32)11-4-3-5-14(37-2)18(11)25(21)34/h3-5,10,13,15,17,22,29-30,33,35-36H,6-9H2,1-2H3/t10-,13-,15-,17-,22+,27-/m0/s1. The number of carbonyl (C=O) groups excluding carboxylic acids is 3. The van der Waals surface area contributed by atoms with E-state index < -0.39 is 95.8 Å². The van der Waals surface area contributed by atoms with E-state index in [1.54, 1.807) is 0 Å². The van der Waals surface area contributed by atoms with E-state index in [2.05, 4.69) is 0 Å². The van der Waals surface area contributed by atoms with Crippen LogP contribution in [0.2, 0.25) is 0 Å². The summed E-state index contributed by atoms with van der Waals surface area (Å²) in [5.41, 5.74) is -3.95. The van der Waals surface area contributed by atoms with Crippen LogP contribution < -0.4 is 4.74 Å². The molecule has 12 heteroatoms. The molecule has 0 amide bonds. The van der Waals surface area contributed by atoms with E-state index in [0.717, 1.165) is 0 Å². The minimum absolute atomic E-state index is 0.0724. The van der Waals surface area contributed by atoms with Crippen LogP contribution in [0.15, 0.2) is 18.2 Å². The number of aliphatic hydroxyl groups excluding tert-OH is 2. The van der Waals surface area contributed by atoms with Gasteiger partial charge in [0.1, 0.15) is 29.5 Å². The second-order valence-electron chi connectivity index (χ2n) is 10.0. The maximum Gasteiger partial charge on any atom is 0.202 e. The summed E-state index contributed by atoms with van der Waals surface area (Å²) in [5, 5.41) is 53.5. The van der Waals surface area contributed by atoms with Gasteiger partial charge in [0.25, 0.3) is 0 Å². The molecule has 208 valence electrons. The number of fused-ring (bicyclic) bond motifs is 3. The maximum atomic E-state index is 14.1. The van der Waals surface area contributed by atoms with Crippen molar-refractivity contribution in [2.45, 2.75) is 62.6 Å². The Balaban J connectivity index is 1.69. The van der Waals surface area contributed by atoms with Gasteiger partial charge in [-0.05, 0) is 13.0 Å². The number of hydrogen-bond donors (Lipinski definition) is 5. The molecule has 11 nitrogen and oxygen atoms in total. The predicted molar refractivity (Wildman–Crippen MR) is 129 cm³/mol. The van der Waals surface area contributed by atoms with E-state index >= 15 is 0 Å². The highest BCUT2D eigenvalue weighted by molar-refractivity contribution is 6.31. The highest BCUT2D eigenvalue weighted by atomic mass is 19.1. The number of hydrogen-bond acceptors (Lipinski definition) is 11. The number of carbonyl (C=O) groups is 3. The maximum absolute atomic E-state index is 14.1. The van der Waals surface area contributed by atoms with Crippen LogP contribution in [0.25, 0.3) is 0 Å². The quantitative estimate of drug-likeness (QED) is 0.288. The number of rotatable bonds is 5. The Labute approximate surface area is 221 Å². The molecule has 2 aromatic rings. The van der Waals surface area contributed by atoms with Gasteiger partial charge in [0.05, 0.1) is 42.1 Å². The molecule has 0 bridgehead atoms. The first-order chi connectivity index (χ1) is 18.4. The lowest BCUT2D eigenvalue weighted by Crippen LogP contribution is -2.49. The van der Waals surface area contributed by atoms with Crippen LogP contribution >= 0.6 is 0 Å². The minimum Gasteiger partial charge on any atom is -0.507 e. The van der Waals surface area contributed by atoms with Gasteiger partial charge in [-0.2, -0.15) is 0 Å². The van der Waals surface area contributed by atoms with E-state index in [9.17, 15) is 44.3 Å². The first kappa shape index (κ1) is 27.2.